The molecule has 0 aliphatic carbocycles. The van der Waals surface area contributed by atoms with Crippen LogP contribution in [0.5, 0.6) is 5.75 Å². The molecule has 0 spiro atoms. The number of aliphatic hydroxyl groups excluding tert-OH is 1. The van der Waals surface area contributed by atoms with Gasteiger partial charge in [0.25, 0.3) is 0 Å². The number of hydrogen-bond acceptors (Lipinski definition) is 4. The first-order valence-corrected chi connectivity index (χ1v) is 6.20. The summed E-state index contributed by atoms with van der Waals surface area (Å²) in [6, 6.07) is 3.41. The summed E-state index contributed by atoms with van der Waals surface area (Å²) in [5.41, 5.74) is -0.110. The Morgan fingerprint density at radius 2 is 2.10 bits per heavy atom. The van der Waals surface area contributed by atoms with E-state index in [2.05, 4.69) is 5.32 Å². The normalized spacial score (nSPS) is 12.7. The molecule has 0 aliphatic rings. The molecule has 0 saturated carbocycles. The Hall–Kier alpha value is -1.82. The zero-order chi connectivity index (χ0) is 15.3. The van der Waals surface area contributed by atoms with E-state index in [0.717, 1.165) is 0 Å². The lowest BCUT2D eigenvalue weighted by Gasteiger charge is -2.23. The second kappa shape index (κ2) is 6.56. The first-order valence-electron chi connectivity index (χ1n) is 6.20. The summed E-state index contributed by atoms with van der Waals surface area (Å²) >= 11 is 0. The van der Waals surface area contributed by atoms with E-state index in [1.807, 2.05) is 0 Å². The predicted molar refractivity (Wildman–Crippen MR) is 72.1 cm³/mol. The zero-order valence-corrected chi connectivity index (χ0v) is 12.1. The average molecular weight is 285 g/mol. The van der Waals surface area contributed by atoms with Crippen molar-refractivity contribution in [2.24, 2.45) is 0 Å². The third-order valence-electron chi connectivity index (χ3n) is 2.45. The highest BCUT2D eigenvalue weighted by Crippen LogP contribution is 2.22. The lowest BCUT2D eigenvalue weighted by molar-refractivity contribution is 0.0481. The minimum atomic E-state index is -0.695. The van der Waals surface area contributed by atoms with E-state index < -0.39 is 23.6 Å². The SMILES string of the molecule is COc1cc([C@@H](CO)NC(=O)OC(C)(C)C)ccc1F. The van der Waals surface area contributed by atoms with E-state index in [4.69, 9.17) is 9.47 Å². The van der Waals surface area contributed by atoms with Gasteiger partial charge in [0.1, 0.15) is 5.60 Å². The van der Waals surface area contributed by atoms with Crippen LogP contribution in [0.1, 0.15) is 32.4 Å². The van der Waals surface area contributed by atoms with Crippen molar-refractivity contribution in [3.63, 3.8) is 0 Å². The van der Waals surface area contributed by atoms with Gasteiger partial charge in [-0.2, -0.15) is 0 Å². The second-order valence-electron chi connectivity index (χ2n) is 5.28. The number of carbonyl (C=O) groups is 1. The highest BCUT2D eigenvalue weighted by atomic mass is 19.1. The standard InChI is InChI=1S/C14H20FNO4/c1-14(2,3)20-13(18)16-11(8-17)9-5-6-10(15)12(7-9)19-4/h5-7,11,17H,8H2,1-4H3,(H,16,18)/t11-/m1/s1. The van der Waals surface area contributed by atoms with Crippen LogP contribution in [0.15, 0.2) is 18.2 Å². The molecule has 112 valence electrons. The van der Waals surface area contributed by atoms with Crippen LogP contribution in [0.3, 0.4) is 0 Å². The fraction of sp³-hybridized carbons (Fsp3) is 0.500. The Morgan fingerprint density at radius 1 is 1.45 bits per heavy atom. The molecule has 0 saturated heterocycles. The van der Waals surface area contributed by atoms with Crippen molar-refractivity contribution in [1.82, 2.24) is 5.32 Å². The Balaban J connectivity index is 2.83. The number of carbonyl (C=O) groups excluding carboxylic acids is 1. The average Bonchev–Trinajstić information content (AvgIpc) is 2.34. The summed E-state index contributed by atoms with van der Waals surface area (Å²) in [6.45, 7) is 4.87. The molecule has 1 aromatic rings. The van der Waals surface area contributed by atoms with Crippen molar-refractivity contribution >= 4 is 6.09 Å². The third kappa shape index (κ3) is 4.70. The van der Waals surface area contributed by atoms with Gasteiger partial charge < -0.3 is 19.9 Å². The molecule has 1 rings (SSSR count). The third-order valence-corrected chi connectivity index (χ3v) is 2.45. The summed E-state index contributed by atoms with van der Waals surface area (Å²) in [4.78, 5) is 11.7. The van der Waals surface area contributed by atoms with Crippen molar-refractivity contribution in [1.29, 1.82) is 0 Å². The number of amides is 1. The van der Waals surface area contributed by atoms with Crippen LogP contribution in [0.4, 0.5) is 9.18 Å². The first kappa shape index (κ1) is 16.2. The van der Waals surface area contributed by atoms with Crippen LogP contribution in [-0.2, 0) is 4.74 Å². The second-order valence-corrected chi connectivity index (χ2v) is 5.28. The zero-order valence-electron chi connectivity index (χ0n) is 12.1. The summed E-state index contributed by atoms with van der Waals surface area (Å²) in [6.07, 6.45) is -0.653. The Bertz CT molecular complexity index is 471. The Morgan fingerprint density at radius 3 is 2.60 bits per heavy atom. The van der Waals surface area contributed by atoms with E-state index in [0.29, 0.717) is 5.56 Å². The molecule has 6 heteroatoms. The molecule has 2 N–H and O–H groups in total. The molecule has 0 bridgehead atoms. The monoisotopic (exact) mass is 285 g/mol. The Kier molecular flexibility index (Phi) is 5.33. The molecule has 0 aromatic heterocycles. The van der Waals surface area contributed by atoms with Crippen molar-refractivity contribution in [2.75, 3.05) is 13.7 Å². The lowest BCUT2D eigenvalue weighted by Crippen LogP contribution is -2.36. The van der Waals surface area contributed by atoms with Crippen LogP contribution in [0.2, 0.25) is 0 Å². The molecule has 1 aromatic carbocycles. The quantitative estimate of drug-likeness (QED) is 0.891. The molecular weight excluding hydrogens is 265 g/mol. The molecular formula is C14H20FNO4. The number of hydrogen-bond donors (Lipinski definition) is 2. The van der Waals surface area contributed by atoms with E-state index >= 15 is 0 Å². The number of methoxy groups -OCH3 is 1. The molecule has 20 heavy (non-hydrogen) atoms. The minimum absolute atomic E-state index is 0.0481. The van der Waals surface area contributed by atoms with Gasteiger partial charge in [0.05, 0.1) is 19.8 Å². The van der Waals surface area contributed by atoms with Crippen LogP contribution in [0.25, 0.3) is 0 Å². The topological polar surface area (TPSA) is 67.8 Å². The number of benzene rings is 1. The van der Waals surface area contributed by atoms with Crippen molar-refractivity contribution < 1.29 is 23.8 Å². The lowest BCUT2D eigenvalue weighted by atomic mass is 10.1. The number of nitrogens with one attached hydrogen (secondary N) is 1. The van der Waals surface area contributed by atoms with Crippen LogP contribution >= 0.6 is 0 Å². The van der Waals surface area contributed by atoms with E-state index in [1.165, 1.54) is 25.3 Å². The molecule has 0 heterocycles. The molecule has 0 unspecified atom stereocenters. The van der Waals surface area contributed by atoms with E-state index in [9.17, 15) is 14.3 Å². The summed E-state index contributed by atoms with van der Waals surface area (Å²) < 4.78 is 23.3. The molecule has 5 nitrogen and oxygen atoms in total. The van der Waals surface area contributed by atoms with Crippen molar-refractivity contribution in [2.45, 2.75) is 32.4 Å². The van der Waals surface area contributed by atoms with Gasteiger partial charge in [0.15, 0.2) is 11.6 Å². The van der Waals surface area contributed by atoms with E-state index in [-0.39, 0.29) is 12.4 Å². The predicted octanol–water partition coefficient (Wildman–Crippen LogP) is 2.39. The van der Waals surface area contributed by atoms with Gasteiger partial charge in [-0.3, -0.25) is 0 Å². The number of alkyl carbamates (subject to hydrolysis) is 1. The number of rotatable bonds is 4. The van der Waals surface area contributed by atoms with Gasteiger partial charge in [-0.05, 0) is 38.5 Å². The maximum absolute atomic E-state index is 13.3. The van der Waals surface area contributed by atoms with Gasteiger partial charge >= 0.3 is 6.09 Å². The summed E-state index contributed by atoms with van der Waals surface area (Å²) in [5.74, 6) is -0.461. The van der Waals surface area contributed by atoms with Gasteiger partial charge in [-0.1, -0.05) is 6.07 Å². The van der Waals surface area contributed by atoms with Gasteiger partial charge in [0.2, 0.25) is 0 Å². The largest absolute Gasteiger partial charge is 0.494 e. The molecule has 1 amide bonds. The number of ether oxygens (including phenoxy) is 2. The smallest absolute Gasteiger partial charge is 0.408 e. The van der Waals surface area contributed by atoms with Gasteiger partial charge in [-0.25, -0.2) is 9.18 Å². The van der Waals surface area contributed by atoms with Gasteiger partial charge in [-0.15, -0.1) is 0 Å². The highest BCUT2D eigenvalue weighted by molar-refractivity contribution is 5.68. The van der Waals surface area contributed by atoms with Crippen LogP contribution < -0.4 is 10.1 Å². The Labute approximate surface area is 117 Å². The fourth-order valence-corrected chi connectivity index (χ4v) is 1.58. The van der Waals surface area contributed by atoms with Crippen molar-refractivity contribution in [3.8, 4) is 5.75 Å². The van der Waals surface area contributed by atoms with Crippen LogP contribution in [-0.4, -0.2) is 30.5 Å². The maximum atomic E-state index is 13.3. The number of halogens is 1. The molecule has 1 atom stereocenters. The maximum Gasteiger partial charge on any atom is 0.408 e. The summed E-state index contributed by atoms with van der Waals surface area (Å²) in [5, 5.41) is 11.9. The minimum Gasteiger partial charge on any atom is -0.494 e. The summed E-state index contributed by atoms with van der Waals surface area (Å²) in [7, 11) is 1.34. The molecule has 0 radical (unpaired) electrons. The van der Waals surface area contributed by atoms with Crippen LogP contribution in [0, 0.1) is 5.82 Å². The highest BCUT2D eigenvalue weighted by Gasteiger charge is 2.20. The first-order chi connectivity index (χ1) is 9.26. The van der Waals surface area contributed by atoms with E-state index in [1.54, 1.807) is 20.8 Å². The number of aliphatic hydroxyl groups is 1. The fourth-order valence-electron chi connectivity index (χ4n) is 1.58. The molecule has 0 aliphatic heterocycles. The van der Waals surface area contributed by atoms with Crippen molar-refractivity contribution in [3.05, 3.63) is 29.6 Å². The van der Waals surface area contributed by atoms with Gasteiger partial charge in [0, 0.05) is 0 Å². The molecule has 0 fully saturated rings.